The third kappa shape index (κ3) is 2.15. The van der Waals surface area contributed by atoms with Gasteiger partial charge in [0.15, 0.2) is 0 Å². The van der Waals surface area contributed by atoms with Gasteiger partial charge in [-0.3, -0.25) is 4.57 Å². The molecule has 0 aromatic carbocycles. The van der Waals surface area contributed by atoms with Crippen molar-refractivity contribution in [3.8, 4) is 0 Å². The molecule has 3 N–H and O–H groups in total. The lowest BCUT2D eigenvalue weighted by Crippen LogP contribution is -2.22. The van der Waals surface area contributed by atoms with Crippen LogP contribution >= 0.6 is 0 Å². The number of rotatable bonds is 3. The standard InChI is InChI=1S/C6H9N3O3/c7-5(10)12-4-3-9-2-1-8-6(9)11/h1-2H,3-4H2,(H2,7,10)(H,8,11). The van der Waals surface area contributed by atoms with Gasteiger partial charge in [-0.05, 0) is 0 Å². The Hall–Kier alpha value is -1.72. The van der Waals surface area contributed by atoms with Crippen LogP contribution in [0.25, 0.3) is 0 Å². The molecule has 0 aliphatic carbocycles. The fourth-order valence-corrected chi connectivity index (χ4v) is 0.770. The third-order valence-corrected chi connectivity index (χ3v) is 1.30. The number of hydrogen-bond donors (Lipinski definition) is 2. The van der Waals surface area contributed by atoms with Gasteiger partial charge in [0.1, 0.15) is 6.61 Å². The summed E-state index contributed by atoms with van der Waals surface area (Å²) in [5, 5.41) is 0. The Kier molecular flexibility index (Phi) is 2.52. The summed E-state index contributed by atoms with van der Waals surface area (Å²) in [6.45, 7) is 0.415. The molecule has 0 atom stereocenters. The molecule has 66 valence electrons. The number of aromatic nitrogens is 2. The lowest BCUT2D eigenvalue weighted by molar-refractivity contribution is 0.152. The molecular weight excluding hydrogens is 162 g/mol. The first-order valence-electron chi connectivity index (χ1n) is 3.36. The van der Waals surface area contributed by atoms with Gasteiger partial charge in [0.25, 0.3) is 0 Å². The average Bonchev–Trinajstić information content (AvgIpc) is 2.36. The van der Waals surface area contributed by atoms with E-state index in [1.54, 1.807) is 6.20 Å². The molecule has 12 heavy (non-hydrogen) atoms. The van der Waals surface area contributed by atoms with Gasteiger partial charge in [0.2, 0.25) is 0 Å². The van der Waals surface area contributed by atoms with Crippen LogP contribution in [-0.4, -0.2) is 22.3 Å². The molecule has 1 amide bonds. The van der Waals surface area contributed by atoms with Crippen LogP contribution in [0.4, 0.5) is 4.79 Å². The molecular formula is C6H9N3O3. The molecule has 1 heterocycles. The average molecular weight is 171 g/mol. The molecule has 1 aromatic rings. The smallest absolute Gasteiger partial charge is 0.404 e. The molecule has 0 radical (unpaired) electrons. The number of nitrogens with one attached hydrogen (secondary N) is 1. The summed E-state index contributed by atoms with van der Waals surface area (Å²) >= 11 is 0. The van der Waals surface area contributed by atoms with Gasteiger partial charge < -0.3 is 15.5 Å². The molecule has 0 bridgehead atoms. The van der Waals surface area contributed by atoms with E-state index in [2.05, 4.69) is 9.72 Å². The van der Waals surface area contributed by atoms with Crippen molar-refractivity contribution in [2.24, 2.45) is 5.73 Å². The monoisotopic (exact) mass is 171 g/mol. The Labute approximate surface area is 67.9 Å². The van der Waals surface area contributed by atoms with Crippen LogP contribution in [0.1, 0.15) is 0 Å². The first kappa shape index (κ1) is 8.38. The lowest BCUT2D eigenvalue weighted by atomic mass is 10.6. The predicted octanol–water partition coefficient (Wildman–Crippen LogP) is -0.728. The minimum absolute atomic E-state index is 0.104. The molecule has 0 saturated carbocycles. The number of carbonyl (C=O) groups excluding carboxylic acids is 1. The fraction of sp³-hybridized carbons (Fsp3) is 0.333. The van der Waals surface area contributed by atoms with E-state index in [4.69, 9.17) is 5.73 Å². The third-order valence-electron chi connectivity index (χ3n) is 1.30. The van der Waals surface area contributed by atoms with E-state index >= 15 is 0 Å². The first-order valence-corrected chi connectivity index (χ1v) is 3.36. The van der Waals surface area contributed by atoms with Crippen LogP contribution in [0.2, 0.25) is 0 Å². The summed E-state index contributed by atoms with van der Waals surface area (Å²) < 4.78 is 5.81. The van der Waals surface area contributed by atoms with E-state index in [-0.39, 0.29) is 12.3 Å². The molecule has 0 saturated heterocycles. The Morgan fingerprint density at radius 1 is 1.75 bits per heavy atom. The minimum atomic E-state index is -0.835. The summed E-state index contributed by atoms with van der Waals surface area (Å²) in [6, 6.07) is 0. The lowest BCUT2D eigenvalue weighted by Gasteiger charge is -2.00. The zero-order chi connectivity index (χ0) is 8.97. The van der Waals surface area contributed by atoms with Crippen molar-refractivity contribution >= 4 is 6.09 Å². The van der Waals surface area contributed by atoms with Gasteiger partial charge >= 0.3 is 11.8 Å². The second-order valence-electron chi connectivity index (χ2n) is 2.13. The van der Waals surface area contributed by atoms with Crippen molar-refractivity contribution in [1.29, 1.82) is 0 Å². The molecule has 0 unspecified atom stereocenters. The number of ether oxygens (including phenoxy) is 1. The van der Waals surface area contributed by atoms with Gasteiger partial charge in [-0.1, -0.05) is 0 Å². The Morgan fingerprint density at radius 3 is 3.00 bits per heavy atom. The van der Waals surface area contributed by atoms with E-state index in [0.29, 0.717) is 6.54 Å². The van der Waals surface area contributed by atoms with Gasteiger partial charge in [0.05, 0.1) is 6.54 Å². The van der Waals surface area contributed by atoms with Crippen LogP contribution in [-0.2, 0) is 11.3 Å². The Balaban J connectivity index is 2.39. The molecule has 6 nitrogen and oxygen atoms in total. The maximum atomic E-state index is 10.8. The van der Waals surface area contributed by atoms with Crippen molar-refractivity contribution < 1.29 is 9.53 Å². The van der Waals surface area contributed by atoms with Gasteiger partial charge in [-0.25, -0.2) is 9.59 Å². The van der Waals surface area contributed by atoms with E-state index in [1.807, 2.05) is 0 Å². The molecule has 0 aliphatic rings. The van der Waals surface area contributed by atoms with Crippen LogP contribution in [0.15, 0.2) is 17.2 Å². The highest BCUT2D eigenvalue weighted by molar-refractivity contribution is 5.64. The number of nitrogens with zero attached hydrogens (tertiary/aromatic N) is 1. The predicted molar refractivity (Wildman–Crippen MR) is 40.6 cm³/mol. The van der Waals surface area contributed by atoms with Gasteiger partial charge in [0, 0.05) is 12.4 Å². The maximum absolute atomic E-state index is 10.8. The number of hydrogen-bond acceptors (Lipinski definition) is 3. The molecule has 1 rings (SSSR count). The highest BCUT2D eigenvalue weighted by Crippen LogP contribution is 1.81. The Bertz CT molecular complexity index is 314. The number of aromatic amines is 1. The summed E-state index contributed by atoms with van der Waals surface area (Å²) in [7, 11) is 0. The maximum Gasteiger partial charge on any atom is 0.404 e. The zero-order valence-corrected chi connectivity index (χ0v) is 6.32. The van der Waals surface area contributed by atoms with Crippen molar-refractivity contribution in [3.05, 3.63) is 22.9 Å². The molecule has 0 fully saturated rings. The summed E-state index contributed by atoms with van der Waals surface area (Å²) in [6.07, 6.45) is 2.23. The van der Waals surface area contributed by atoms with Gasteiger partial charge in [-0.15, -0.1) is 0 Å². The molecule has 6 heteroatoms. The van der Waals surface area contributed by atoms with Crippen molar-refractivity contribution in [1.82, 2.24) is 9.55 Å². The highest BCUT2D eigenvalue weighted by Gasteiger charge is 1.96. The summed E-state index contributed by atoms with van der Waals surface area (Å²) in [5.41, 5.74) is 4.48. The number of imidazole rings is 1. The SMILES string of the molecule is NC(=O)OCCn1cc[nH]c1=O. The summed E-state index contributed by atoms with van der Waals surface area (Å²) in [4.78, 5) is 23.4. The Morgan fingerprint density at radius 2 is 2.50 bits per heavy atom. The highest BCUT2D eigenvalue weighted by atomic mass is 16.5. The van der Waals surface area contributed by atoms with Crippen LogP contribution in [0, 0.1) is 0 Å². The molecule has 0 spiro atoms. The molecule has 1 aromatic heterocycles. The van der Waals surface area contributed by atoms with E-state index in [1.165, 1.54) is 10.8 Å². The quantitative estimate of drug-likeness (QED) is 0.628. The number of H-pyrrole nitrogens is 1. The largest absolute Gasteiger partial charge is 0.448 e. The zero-order valence-electron chi connectivity index (χ0n) is 6.32. The number of amides is 1. The second-order valence-corrected chi connectivity index (χ2v) is 2.13. The van der Waals surface area contributed by atoms with Crippen molar-refractivity contribution in [2.75, 3.05) is 6.61 Å². The van der Waals surface area contributed by atoms with Crippen LogP contribution < -0.4 is 11.4 Å². The molecule has 0 aliphatic heterocycles. The van der Waals surface area contributed by atoms with E-state index < -0.39 is 6.09 Å². The van der Waals surface area contributed by atoms with E-state index in [0.717, 1.165) is 0 Å². The minimum Gasteiger partial charge on any atom is -0.448 e. The second kappa shape index (κ2) is 3.61. The number of carbonyl (C=O) groups is 1. The number of nitrogens with two attached hydrogens (primary N) is 1. The summed E-state index contributed by atoms with van der Waals surface area (Å²) in [5.74, 6) is 0. The van der Waals surface area contributed by atoms with E-state index in [9.17, 15) is 9.59 Å². The van der Waals surface area contributed by atoms with Crippen LogP contribution in [0.3, 0.4) is 0 Å². The fourth-order valence-electron chi connectivity index (χ4n) is 0.770. The topological polar surface area (TPSA) is 90.1 Å². The van der Waals surface area contributed by atoms with Gasteiger partial charge in [-0.2, -0.15) is 0 Å². The van der Waals surface area contributed by atoms with Crippen molar-refractivity contribution in [2.45, 2.75) is 6.54 Å². The first-order chi connectivity index (χ1) is 5.70. The normalized spacial score (nSPS) is 9.67. The number of primary amides is 1. The van der Waals surface area contributed by atoms with Crippen LogP contribution in [0.5, 0.6) is 0 Å². The van der Waals surface area contributed by atoms with Crippen molar-refractivity contribution in [3.63, 3.8) is 0 Å².